The molecule has 4 heteroatoms. The van der Waals surface area contributed by atoms with Gasteiger partial charge < -0.3 is 10.1 Å². The van der Waals surface area contributed by atoms with Crippen LogP contribution in [0.5, 0.6) is 0 Å². The maximum atomic E-state index is 12.2. The largest absolute Gasteiger partial charge is 0.465 e. The van der Waals surface area contributed by atoms with Crippen LogP contribution in [0.1, 0.15) is 54.4 Å². The second-order valence-corrected chi connectivity index (χ2v) is 7.11. The number of nitrogens with one attached hydrogen (secondary N) is 1. The van der Waals surface area contributed by atoms with E-state index in [0.29, 0.717) is 24.6 Å². The first kappa shape index (κ1) is 18.4. The van der Waals surface area contributed by atoms with Crippen molar-refractivity contribution in [1.29, 1.82) is 0 Å². The molecule has 124 valence electrons. The van der Waals surface area contributed by atoms with E-state index in [9.17, 15) is 4.79 Å². The number of ether oxygens (including phenoxy) is 1. The molecule has 1 aliphatic heterocycles. The van der Waals surface area contributed by atoms with Crippen LogP contribution in [-0.2, 0) is 9.53 Å². The second kappa shape index (κ2) is 7.59. The normalized spacial score (nSPS) is 31.5. The second-order valence-electron chi connectivity index (χ2n) is 7.11. The minimum atomic E-state index is -0.612. The lowest BCUT2D eigenvalue weighted by atomic mass is 9.83. The highest BCUT2D eigenvalue weighted by Gasteiger charge is 2.39. The molecule has 0 saturated carbocycles. The Hall–Kier alpha value is -0.610. The zero-order chi connectivity index (χ0) is 16.2. The molecular weight excluding hydrogens is 264 g/mol. The minimum absolute atomic E-state index is 0.148. The maximum Gasteiger partial charge on any atom is 0.326 e. The summed E-state index contributed by atoms with van der Waals surface area (Å²) >= 11 is 0. The van der Waals surface area contributed by atoms with Crippen LogP contribution < -0.4 is 5.32 Å². The Morgan fingerprint density at radius 2 is 2.05 bits per heavy atom. The lowest BCUT2D eigenvalue weighted by Gasteiger charge is -2.46. The Kier molecular flexibility index (Phi) is 6.67. The molecule has 0 aromatic heterocycles. The average molecular weight is 298 g/mol. The van der Waals surface area contributed by atoms with Gasteiger partial charge in [0.1, 0.15) is 5.54 Å². The molecule has 1 N–H and O–H groups in total. The van der Waals surface area contributed by atoms with E-state index in [-0.39, 0.29) is 5.97 Å². The Morgan fingerprint density at radius 1 is 1.43 bits per heavy atom. The summed E-state index contributed by atoms with van der Waals surface area (Å²) in [6, 6.07) is 0.923. The van der Waals surface area contributed by atoms with Crippen LogP contribution in [0.2, 0.25) is 0 Å². The van der Waals surface area contributed by atoms with Crippen LogP contribution in [-0.4, -0.2) is 48.7 Å². The van der Waals surface area contributed by atoms with E-state index in [1.165, 1.54) is 6.42 Å². The molecule has 1 fully saturated rings. The first-order valence-corrected chi connectivity index (χ1v) is 8.37. The molecule has 4 nitrogen and oxygen atoms in total. The highest BCUT2D eigenvalue weighted by Crippen LogP contribution is 2.30. The highest BCUT2D eigenvalue weighted by atomic mass is 16.5. The number of esters is 1. The van der Waals surface area contributed by atoms with E-state index >= 15 is 0 Å². The van der Waals surface area contributed by atoms with Gasteiger partial charge in [-0.25, -0.2) is 0 Å². The van der Waals surface area contributed by atoms with Gasteiger partial charge in [0.25, 0.3) is 0 Å². The number of likely N-dealkylation sites (N-methyl/N-ethyl adjacent to an activating group) is 1. The molecule has 5 unspecified atom stereocenters. The Balaban J connectivity index is 2.77. The van der Waals surface area contributed by atoms with Gasteiger partial charge in [-0.1, -0.05) is 13.8 Å². The van der Waals surface area contributed by atoms with Gasteiger partial charge in [0, 0.05) is 18.6 Å². The molecule has 0 aromatic carbocycles. The van der Waals surface area contributed by atoms with Gasteiger partial charge in [-0.2, -0.15) is 0 Å². The Morgan fingerprint density at radius 3 is 2.57 bits per heavy atom. The van der Waals surface area contributed by atoms with Crippen molar-refractivity contribution >= 4 is 5.97 Å². The summed E-state index contributed by atoms with van der Waals surface area (Å²) in [6.45, 7) is 14.6. The van der Waals surface area contributed by atoms with Crippen LogP contribution in [0, 0.1) is 11.8 Å². The molecule has 0 aliphatic carbocycles. The van der Waals surface area contributed by atoms with Crippen LogP contribution in [0.25, 0.3) is 0 Å². The molecule has 0 spiro atoms. The van der Waals surface area contributed by atoms with Crippen molar-refractivity contribution in [2.24, 2.45) is 11.8 Å². The lowest BCUT2D eigenvalue weighted by molar-refractivity contribution is -0.151. The molecule has 1 rings (SSSR count). The molecule has 0 radical (unpaired) electrons. The van der Waals surface area contributed by atoms with Crippen molar-refractivity contribution in [3.05, 3.63) is 0 Å². The molecule has 5 atom stereocenters. The molecule has 1 heterocycles. The first-order chi connectivity index (χ1) is 9.75. The first-order valence-electron chi connectivity index (χ1n) is 8.37. The summed E-state index contributed by atoms with van der Waals surface area (Å²) in [4.78, 5) is 14.8. The summed E-state index contributed by atoms with van der Waals surface area (Å²) in [5.41, 5.74) is -0.612. The summed E-state index contributed by atoms with van der Waals surface area (Å²) in [5.74, 6) is 1.28. The standard InChI is InChI=1S/C17H34N2O2/c1-8-21-16(20)17(6,18-7)10-14(4)19-11-12(2)9-13(3)15(19)5/h12-15,18H,8-11H2,1-7H3. The van der Waals surface area contributed by atoms with Crippen molar-refractivity contribution in [2.75, 3.05) is 20.2 Å². The predicted molar refractivity (Wildman–Crippen MR) is 87.3 cm³/mol. The number of carbonyl (C=O) groups is 1. The SMILES string of the molecule is CCOC(=O)C(C)(CC(C)N1CC(C)CC(C)C1C)NC. The van der Waals surface area contributed by atoms with Gasteiger partial charge in [0.2, 0.25) is 0 Å². The topological polar surface area (TPSA) is 41.6 Å². The fourth-order valence-electron chi connectivity index (χ4n) is 3.63. The molecular formula is C17H34N2O2. The highest BCUT2D eigenvalue weighted by molar-refractivity contribution is 5.80. The van der Waals surface area contributed by atoms with E-state index in [4.69, 9.17) is 4.74 Å². The lowest BCUT2D eigenvalue weighted by Crippen LogP contribution is -2.56. The van der Waals surface area contributed by atoms with Gasteiger partial charge in [0.15, 0.2) is 0 Å². The fraction of sp³-hybridized carbons (Fsp3) is 0.941. The maximum absolute atomic E-state index is 12.2. The van der Waals surface area contributed by atoms with Crippen LogP contribution in [0.4, 0.5) is 0 Å². The van der Waals surface area contributed by atoms with Gasteiger partial charge in [-0.3, -0.25) is 9.69 Å². The van der Waals surface area contributed by atoms with E-state index in [2.05, 4.69) is 37.9 Å². The molecule has 1 aliphatic rings. The van der Waals surface area contributed by atoms with E-state index < -0.39 is 5.54 Å². The van der Waals surface area contributed by atoms with Crippen molar-refractivity contribution in [2.45, 2.75) is 72.0 Å². The van der Waals surface area contributed by atoms with E-state index in [0.717, 1.165) is 18.9 Å². The number of hydrogen-bond donors (Lipinski definition) is 1. The number of likely N-dealkylation sites (tertiary alicyclic amines) is 1. The van der Waals surface area contributed by atoms with Crippen molar-refractivity contribution in [1.82, 2.24) is 10.2 Å². The zero-order valence-corrected chi connectivity index (χ0v) is 14.9. The Bertz CT molecular complexity index is 348. The average Bonchev–Trinajstić information content (AvgIpc) is 2.42. The summed E-state index contributed by atoms with van der Waals surface area (Å²) in [7, 11) is 1.84. The predicted octanol–water partition coefficient (Wildman–Crippen LogP) is 2.67. The zero-order valence-electron chi connectivity index (χ0n) is 14.9. The van der Waals surface area contributed by atoms with Crippen LogP contribution in [0.3, 0.4) is 0 Å². The van der Waals surface area contributed by atoms with Crippen molar-refractivity contribution < 1.29 is 9.53 Å². The molecule has 21 heavy (non-hydrogen) atoms. The minimum Gasteiger partial charge on any atom is -0.465 e. The van der Waals surface area contributed by atoms with Gasteiger partial charge in [-0.05, 0) is 59.4 Å². The molecule has 0 aromatic rings. The Labute approximate surface area is 130 Å². The van der Waals surface area contributed by atoms with Gasteiger partial charge in [-0.15, -0.1) is 0 Å². The van der Waals surface area contributed by atoms with Gasteiger partial charge in [0.05, 0.1) is 6.61 Å². The number of hydrogen-bond acceptors (Lipinski definition) is 4. The number of rotatable bonds is 6. The summed E-state index contributed by atoms with van der Waals surface area (Å²) in [6.07, 6.45) is 2.07. The third-order valence-electron chi connectivity index (χ3n) is 5.19. The quantitative estimate of drug-likeness (QED) is 0.766. The van der Waals surface area contributed by atoms with Crippen molar-refractivity contribution in [3.63, 3.8) is 0 Å². The smallest absolute Gasteiger partial charge is 0.326 e. The van der Waals surface area contributed by atoms with Crippen LogP contribution >= 0.6 is 0 Å². The monoisotopic (exact) mass is 298 g/mol. The van der Waals surface area contributed by atoms with Crippen molar-refractivity contribution in [3.8, 4) is 0 Å². The molecule has 1 saturated heterocycles. The van der Waals surface area contributed by atoms with E-state index in [1.807, 2.05) is 20.9 Å². The molecule has 0 bridgehead atoms. The summed E-state index contributed by atoms with van der Waals surface area (Å²) < 4.78 is 5.24. The van der Waals surface area contributed by atoms with Gasteiger partial charge >= 0.3 is 5.97 Å². The third-order valence-corrected chi connectivity index (χ3v) is 5.19. The number of nitrogens with zero attached hydrogens (tertiary/aromatic N) is 1. The van der Waals surface area contributed by atoms with Crippen LogP contribution in [0.15, 0.2) is 0 Å². The molecule has 0 amide bonds. The van der Waals surface area contributed by atoms with E-state index in [1.54, 1.807) is 0 Å². The number of piperidine rings is 1. The number of carbonyl (C=O) groups excluding carboxylic acids is 1. The fourth-order valence-corrected chi connectivity index (χ4v) is 3.63. The third kappa shape index (κ3) is 4.43. The summed E-state index contributed by atoms with van der Waals surface area (Å²) in [5, 5.41) is 3.17.